The summed E-state index contributed by atoms with van der Waals surface area (Å²) in [5, 5.41) is 25.2. The zero-order chi connectivity index (χ0) is 23.1. The van der Waals surface area contributed by atoms with Gasteiger partial charge >= 0.3 is 0 Å². The van der Waals surface area contributed by atoms with Crippen LogP contribution >= 0.6 is 0 Å². The monoisotopic (exact) mass is 455 g/mol. The molecule has 0 saturated heterocycles. The lowest BCUT2D eigenvalue weighted by Crippen LogP contribution is -2.34. The number of unbranched alkanes of at least 4 members (excludes halogenated alkanes) is 1. The van der Waals surface area contributed by atoms with Gasteiger partial charge in [0.15, 0.2) is 6.19 Å². The van der Waals surface area contributed by atoms with Crippen LogP contribution in [0.25, 0.3) is 0 Å². The van der Waals surface area contributed by atoms with E-state index in [-0.39, 0.29) is 4.90 Å². The molecule has 1 aliphatic carbocycles. The number of benzene rings is 2. The van der Waals surface area contributed by atoms with Crippen molar-refractivity contribution in [3.05, 3.63) is 59.2 Å². The molecule has 3 rings (SSSR count). The predicted molar refractivity (Wildman–Crippen MR) is 125 cm³/mol. The van der Waals surface area contributed by atoms with Crippen LogP contribution in [0.4, 0.5) is 5.69 Å². The molecule has 0 bridgehead atoms. The third kappa shape index (κ3) is 5.65. The second-order valence-electron chi connectivity index (χ2n) is 7.73. The standard InChI is InChI=1S/C23H29N5O3S/c1-3-5-12-25-23(26-15-24)27-18-9-8-17-13-21(29)22(20(17)14-18)28-32(30,31)19-10-6-16(4-2)7-11-19/h6-11,14,21-22,28-29H,3-5,12-13H2,1-2H3,(H2,25,26,27)/t21-,22-/m1/s1. The molecule has 9 heteroatoms. The van der Waals surface area contributed by atoms with Gasteiger partial charge in [-0.2, -0.15) is 5.26 Å². The number of guanidine groups is 1. The largest absolute Gasteiger partial charge is 0.391 e. The van der Waals surface area contributed by atoms with Gasteiger partial charge in [-0.05, 0) is 53.8 Å². The molecule has 4 N–H and O–H groups in total. The number of aliphatic hydroxyl groups is 1. The van der Waals surface area contributed by atoms with E-state index in [1.165, 1.54) is 0 Å². The van der Waals surface area contributed by atoms with Crippen LogP contribution in [0, 0.1) is 11.5 Å². The molecule has 170 valence electrons. The minimum Gasteiger partial charge on any atom is -0.391 e. The fourth-order valence-electron chi connectivity index (χ4n) is 3.63. The van der Waals surface area contributed by atoms with Gasteiger partial charge in [0.2, 0.25) is 16.0 Å². The lowest BCUT2D eigenvalue weighted by atomic mass is 10.1. The van der Waals surface area contributed by atoms with Crippen LogP contribution in [0.15, 0.2) is 52.4 Å². The summed E-state index contributed by atoms with van der Waals surface area (Å²) in [6, 6.07) is 11.4. The van der Waals surface area contributed by atoms with Crippen molar-refractivity contribution in [3.63, 3.8) is 0 Å². The molecule has 0 aromatic heterocycles. The van der Waals surface area contributed by atoms with Gasteiger partial charge in [-0.25, -0.2) is 13.1 Å². The fraction of sp³-hybridized carbons (Fsp3) is 0.391. The van der Waals surface area contributed by atoms with Gasteiger partial charge in [0.05, 0.1) is 17.0 Å². The summed E-state index contributed by atoms with van der Waals surface area (Å²) in [6.07, 6.45) is 4.05. The molecule has 0 heterocycles. The van der Waals surface area contributed by atoms with Crippen LogP contribution in [0.3, 0.4) is 0 Å². The average molecular weight is 456 g/mol. The second-order valence-corrected chi connectivity index (χ2v) is 9.44. The van der Waals surface area contributed by atoms with Crippen molar-refractivity contribution in [2.75, 3.05) is 11.9 Å². The zero-order valence-corrected chi connectivity index (χ0v) is 19.1. The first kappa shape index (κ1) is 23.7. The van der Waals surface area contributed by atoms with E-state index in [1.807, 2.05) is 25.2 Å². The maximum Gasteiger partial charge on any atom is 0.241 e. The Morgan fingerprint density at radius 3 is 2.62 bits per heavy atom. The fourth-order valence-corrected chi connectivity index (χ4v) is 4.88. The van der Waals surface area contributed by atoms with Gasteiger partial charge in [0.25, 0.3) is 0 Å². The molecule has 0 aliphatic heterocycles. The molecule has 0 amide bonds. The number of sulfonamides is 1. The number of nitrogens with one attached hydrogen (secondary N) is 3. The molecule has 0 fully saturated rings. The van der Waals surface area contributed by atoms with Crippen molar-refractivity contribution in [3.8, 4) is 6.19 Å². The number of aliphatic hydroxyl groups excluding tert-OH is 1. The van der Waals surface area contributed by atoms with E-state index >= 15 is 0 Å². The first-order chi connectivity index (χ1) is 15.4. The maximum atomic E-state index is 12.9. The number of anilines is 1. The molecule has 0 spiro atoms. The molecule has 2 atom stereocenters. The van der Waals surface area contributed by atoms with Gasteiger partial charge in [0, 0.05) is 18.7 Å². The second kappa shape index (κ2) is 10.6. The number of fused-ring (bicyclic) bond motifs is 1. The summed E-state index contributed by atoms with van der Waals surface area (Å²) >= 11 is 0. The Balaban J connectivity index is 1.82. The Hall–Kier alpha value is -2.93. The molecule has 1 aliphatic rings. The van der Waals surface area contributed by atoms with E-state index in [4.69, 9.17) is 5.26 Å². The third-order valence-corrected chi connectivity index (χ3v) is 6.89. The lowest BCUT2D eigenvalue weighted by molar-refractivity contribution is 0.151. The highest BCUT2D eigenvalue weighted by Gasteiger charge is 2.34. The average Bonchev–Trinajstić information content (AvgIpc) is 3.08. The molecular formula is C23H29N5O3S. The summed E-state index contributed by atoms with van der Waals surface area (Å²) in [4.78, 5) is 4.51. The smallest absolute Gasteiger partial charge is 0.241 e. The summed E-state index contributed by atoms with van der Waals surface area (Å²) in [6.45, 7) is 4.65. The number of nitrogens with zero attached hydrogens (tertiary/aromatic N) is 2. The minimum absolute atomic E-state index is 0.160. The van der Waals surface area contributed by atoms with Gasteiger partial charge in [0.1, 0.15) is 0 Å². The summed E-state index contributed by atoms with van der Waals surface area (Å²) in [5.74, 6) is 0.326. The summed E-state index contributed by atoms with van der Waals surface area (Å²) in [7, 11) is -3.81. The van der Waals surface area contributed by atoms with Crippen LogP contribution in [0.2, 0.25) is 0 Å². The predicted octanol–water partition coefficient (Wildman–Crippen LogP) is 2.82. The van der Waals surface area contributed by atoms with E-state index in [0.29, 0.717) is 30.2 Å². The maximum absolute atomic E-state index is 12.9. The van der Waals surface area contributed by atoms with Crippen LogP contribution < -0.4 is 15.4 Å². The number of hydrogen-bond donors (Lipinski definition) is 4. The van der Waals surface area contributed by atoms with Crippen molar-refractivity contribution in [1.29, 1.82) is 5.26 Å². The lowest BCUT2D eigenvalue weighted by Gasteiger charge is -2.19. The molecule has 2 aromatic rings. The van der Waals surface area contributed by atoms with Crippen LogP contribution in [0.1, 0.15) is 49.4 Å². The van der Waals surface area contributed by atoms with Crippen molar-refractivity contribution in [1.82, 2.24) is 10.0 Å². The number of rotatable bonds is 8. The molecule has 2 aromatic carbocycles. The topological polar surface area (TPSA) is 127 Å². The van der Waals surface area contributed by atoms with E-state index in [1.54, 1.807) is 30.3 Å². The minimum atomic E-state index is -3.81. The number of nitriles is 1. The third-order valence-electron chi connectivity index (χ3n) is 5.44. The van der Waals surface area contributed by atoms with Crippen LogP contribution in [-0.4, -0.2) is 32.1 Å². The molecule has 0 unspecified atom stereocenters. The van der Waals surface area contributed by atoms with Crippen LogP contribution in [0.5, 0.6) is 0 Å². The Labute approximate surface area is 189 Å². The first-order valence-electron chi connectivity index (χ1n) is 10.8. The van der Waals surface area contributed by atoms with Gasteiger partial charge in [-0.15, -0.1) is 0 Å². The summed E-state index contributed by atoms with van der Waals surface area (Å²) < 4.78 is 28.5. The zero-order valence-electron chi connectivity index (χ0n) is 18.3. The molecular weight excluding hydrogens is 426 g/mol. The van der Waals surface area contributed by atoms with Crippen molar-refractivity contribution < 1.29 is 13.5 Å². The van der Waals surface area contributed by atoms with Crippen molar-refractivity contribution in [2.24, 2.45) is 4.99 Å². The number of aliphatic imine (C=N–C) groups is 1. The highest BCUT2D eigenvalue weighted by Crippen LogP contribution is 2.34. The molecule has 8 nitrogen and oxygen atoms in total. The Morgan fingerprint density at radius 2 is 1.97 bits per heavy atom. The van der Waals surface area contributed by atoms with E-state index in [2.05, 4.69) is 27.3 Å². The number of aryl methyl sites for hydroxylation is 1. The normalized spacial score (nSPS) is 18.1. The quantitative estimate of drug-likeness (QED) is 0.159. The Bertz CT molecular complexity index is 1110. The molecule has 32 heavy (non-hydrogen) atoms. The van der Waals surface area contributed by atoms with Gasteiger partial charge in [-0.3, -0.25) is 10.3 Å². The Kier molecular flexibility index (Phi) is 7.85. The van der Waals surface area contributed by atoms with Gasteiger partial charge < -0.3 is 10.4 Å². The van der Waals surface area contributed by atoms with Crippen molar-refractivity contribution >= 4 is 21.7 Å². The van der Waals surface area contributed by atoms with E-state index < -0.39 is 22.2 Å². The van der Waals surface area contributed by atoms with Crippen LogP contribution in [-0.2, 0) is 22.9 Å². The Morgan fingerprint density at radius 1 is 1.22 bits per heavy atom. The van der Waals surface area contributed by atoms with Gasteiger partial charge in [-0.1, -0.05) is 38.5 Å². The van der Waals surface area contributed by atoms with E-state index in [9.17, 15) is 13.5 Å². The SMILES string of the molecule is CCCCN=C(NC#N)Nc1ccc2c(c1)[C@@H](NS(=O)(=O)c1ccc(CC)cc1)[C@H](O)C2. The first-order valence-corrected chi connectivity index (χ1v) is 12.2. The highest BCUT2D eigenvalue weighted by molar-refractivity contribution is 7.89. The number of hydrogen-bond acceptors (Lipinski definition) is 5. The molecule has 0 saturated carbocycles. The van der Waals surface area contributed by atoms with Crippen molar-refractivity contribution in [2.45, 2.75) is 56.6 Å². The molecule has 0 radical (unpaired) electrons. The summed E-state index contributed by atoms with van der Waals surface area (Å²) in [5.41, 5.74) is 3.26. The highest BCUT2D eigenvalue weighted by atomic mass is 32.2. The van der Waals surface area contributed by atoms with E-state index in [0.717, 1.165) is 30.4 Å².